The third-order valence-corrected chi connectivity index (χ3v) is 3.16. The molecule has 0 aliphatic carbocycles. The van der Waals surface area contributed by atoms with Crippen molar-refractivity contribution in [3.8, 4) is 0 Å². The Labute approximate surface area is 101 Å². The van der Waals surface area contributed by atoms with Crippen molar-refractivity contribution < 1.29 is 0 Å². The molecule has 0 saturated carbocycles. The van der Waals surface area contributed by atoms with Crippen LogP contribution < -0.4 is 11.1 Å². The zero-order valence-electron chi connectivity index (χ0n) is 8.66. The van der Waals surface area contributed by atoms with Gasteiger partial charge >= 0.3 is 0 Å². The highest BCUT2D eigenvalue weighted by atomic mass is 79.9. The molecule has 0 radical (unpaired) electrons. The first-order valence-electron chi connectivity index (χ1n) is 4.67. The van der Waals surface area contributed by atoms with Crippen LogP contribution in [0.25, 0.3) is 0 Å². The Morgan fingerprint density at radius 3 is 3.00 bits per heavy atom. The van der Waals surface area contributed by atoms with Crippen LogP contribution in [0.1, 0.15) is 11.4 Å². The van der Waals surface area contributed by atoms with E-state index in [1.807, 2.05) is 6.92 Å². The monoisotopic (exact) mass is 282 g/mol. The van der Waals surface area contributed by atoms with E-state index in [-0.39, 0.29) is 0 Å². The summed E-state index contributed by atoms with van der Waals surface area (Å²) in [5, 5.41) is 9.66. The molecule has 84 valence electrons. The Bertz CT molecular complexity index is 481. The van der Waals surface area contributed by atoms with Gasteiger partial charge in [0.05, 0.1) is 22.9 Å². The maximum atomic E-state index is 5.73. The predicted molar refractivity (Wildman–Crippen MR) is 64.8 cm³/mol. The number of nitrogen functional groups attached to an aromatic ring is 1. The van der Waals surface area contributed by atoms with Crippen molar-refractivity contribution in [3.05, 3.63) is 28.4 Å². The summed E-state index contributed by atoms with van der Waals surface area (Å²) in [5.74, 6) is 1.49. The maximum Gasteiger partial charge on any atom is 0.143 e. The lowest BCUT2D eigenvalue weighted by molar-refractivity contribution is 0.945. The average molecular weight is 283 g/mol. The second-order valence-corrected chi connectivity index (χ2v) is 4.08. The first kappa shape index (κ1) is 10.9. The molecular formula is C9H11BrN6. The number of nitrogens with one attached hydrogen (secondary N) is 2. The van der Waals surface area contributed by atoms with Crippen LogP contribution in [0.4, 0.5) is 11.5 Å². The van der Waals surface area contributed by atoms with Gasteiger partial charge in [-0.05, 0) is 28.4 Å². The zero-order chi connectivity index (χ0) is 11.5. The van der Waals surface area contributed by atoms with Crippen molar-refractivity contribution in [3.63, 3.8) is 0 Å². The maximum absolute atomic E-state index is 5.73. The summed E-state index contributed by atoms with van der Waals surface area (Å²) in [5.41, 5.74) is 7.36. The van der Waals surface area contributed by atoms with Crippen LogP contribution in [0.2, 0.25) is 0 Å². The van der Waals surface area contributed by atoms with Gasteiger partial charge in [-0.1, -0.05) is 0 Å². The number of aromatic amines is 1. The normalized spacial score (nSPS) is 10.4. The molecule has 6 nitrogen and oxygen atoms in total. The van der Waals surface area contributed by atoms with Gasteiger partial charge in [0.25, 0.3) is 0 Å². The van der Waals surface area contributed by atoms with Gasteiger partial charge in [0.1, 0.15) is 18.0 Å². The molecule has 2 heterocycles. The fourth-order valence-corrected chi connectivity index (χ4v) is 1.67. The largest absolute Gasteiger partial charge is 0.397 e. The van der Waals surface area contributed by atoms with Gasteiger partial charge in [0, 0.05) is 0 Å². The minimum Gasteiger partial charge on any atom is -0.397 e. The Kier molecular flexibility index (Phi) is 3.04. The van der Waals surface area contributed by atoms with E-state index in [1.165, 1.54) is 6.33 Å². The SMILES string of the molecule is Cc1c(N)cnc(NCc2ncn[nH]2)c1Br. The third-order valence-electron chi connectivity index (χ3n) is 2.19. The van der Waals surface area contributed by atoms with Crippen LogP contribution in [0.15, 0.2) is 17.0 Å². The number of hydrogen-bond donors (Lipinski definition) is 3. The van der Waals surface area contributed by atoms with Crippen molar-refractivity contribution in [2.75, 3.05) is 11.1 Å². The zero-order valence-corrected chi connectivity index (χ0v) is 10.2. The van der Waals surface area contributed by atoms with Crippen molar-refractivity contribution in [2.45, 2.75) is 13.5 Å². The summed E-state index contributed by atoms with van der Waals surface area (Å²) in [6.07, 6.45) is 3.09. The molecule has 16 heavy (non-hydrogen) atoms. The van der Waals surface area contributed by atoms with Crippen LogP contribution >= 0.6 is 15.9 Å². The van der Waals surface area contributed by atoms with E-state index in [9.17, 15) is 0 Å². The first-order valence-corrected chi connectivity index (χ1v) is 5.46. The molecule has 2 aromatic heterocycles. The summed E-state index contributed by atoms with van der Waals surface area (Å²) in [6, 6.07) is 0. The Hall–Kier alpha value is -1.63. The molecule has 0 saturated heterocycles. The highest BCUT2D eigenvalue weighted by Gasteiger charge is 2.07. The van der Waals surface area contributed by atoms with E-state index in [1.54, 1.807) is 6.20 Å². The van der Waals surface area contributed by atoms with Gasteiger partial charge in [0.2, 0.25) is 0 Å². The van der Waals surface area contributed by atoms with Gasteiger partial charge in [0.15, 0.2) is 0 Å². The molecule has 0 aromatic carbocycles. The summed E-state index contributed by atoms with van der Waals surface area (Å²) in [4.78, 5) is 8.20. The van der Waals surface area contributed by atoms with Gasteiger partial charge < -0.3 is 11.1 Å². The smallest absolute Gasteiger partial charge is 0.143 e. The molecule has 0 bridgehead atoms. The second-order valence-electron chi connectivity index (χ2n) is 3.29. The van der Waals surface area contributed by atoms with E-state index in [0.29, 0.717) is 12.2 Å². The molecule has 0 fully saturated rings. The number of aromatic nitrogens is 4. The lowest BCUT2D eigenvalue weighted by atomic mass is 10.2. The second kappa shape index (κ2) is 4.48. The molecule has 4 N–H and O–H groups in total. The van der Waals surface area contributed by atoms with Gasteiger partial charge in [-0.2, -0.15) is 5.10 Å². The van der Waals surface area contributed by atoms with Crippen LogP contribution in [0, 0.1) is 6.92 Å². The molecule has 2 aromatic rings. The number of nitrogens with two attached hydrogens (primary N) is 1. The highest BCUT2D eigenvalue weighted by molar-refractivity contribution is 9.10. The van der Waals surface area contributed by atoms with E-state index in [2.05, 4.69) is 41.4 Å². The molecule has 0 atom stereocenters. The Balaban J connectivity index is 2.13. The number of halogens is 1. The Morgan fingerprint density at radius 2 is 2.31 bits per heavy atom. The lowest BCUT2D eigenvalue weighted by Gasteiger charge is -2.09. The van der Waals surface area contributed by atoms with Crippen molar-refractivity contribution in [1.82, 2.24) is 20.2 Å². The van der Waals surface area contributed by atoms with E-state index in [4.69, 9.17) is 5.73 Å². The quantitative estimate of drug-likeness (QED) is 0.793. The van der Waals surface area contributed by atoms with Crippen molar-refractivity contribution in [1.29, 1.82) is 0 Å². The van der Waals surface area contributed by atoms with Crippen molar-refractivity contribution >= 4 is 27.4 Å². The Morgan fingerprint density at radius 1 is 1.50 bits per heavy atom. The minimum absolute atomic E-state index is 0.537. The van der Waals surface area contributed by atoms with Gasteiger partial charge in [-0.3, -0.25) is 5.10 Å². The minimum atomic E-state index is 0.537. The van der Waals surface area contributed by atoms with Crippen molar-refractivity contribution in [2.24, 2.45) is 0 Å². The van der Waals surface area contributed by atoms with Crippen LogP contribution in [0.5, 0.6) is 0 Å². The highest BCUT2D eigenvalue weighted by Crippen LogP contribution is 2.27. The summed E-state index contributed by atoms with van der Waals surface area (Å²) >= 11 is 3.44. The molecule has 0 unspecified atom stereocenters. The van der Waals surface area contributed by atoms with Crippen LogP contribution in [-0.2, 0) is 6.54 Å². The third kappa shape index (κ3) is 2.13. The van der Waals surface area contributed by atoms with Gasteiger partial charge in [-0.25, -0.2) is 9.97 Å². The number of nitrogens with zero attached hydrogens (tertiary/aromatic N) is 3. The molecule has 0 spiro atoms. The van der Waals surface area contributed by atoms with E-state index in [0.717, 1.165) is 21.7 Å². The number of anilines is 2. The van der Waals surface area contributed by atoms with Crippen LogP contribution in [0.3, 0.4) is 0 Å². The van der Waals surface area contributed by atoms with Crippen LogP contribution in [-0.4, -0.2) is 20.2 Å². The molecule has 2 rings (SSSR count). The number of hydrogen-bond acceptors (Lipinski definition) is 5. The first-order chi connectivity index (χ1) is 7.68. The predicted octanol–water partition coefficient (Wildman–Crippen LogP) is 1.46. The van der Waals surface area contributed by atoms with E-state index >= 15 is 0 Å². The number of rotatable bonds is 3. The molecule has 0 aliphatic heterocycles. The average Bonchev–Trinajstić information content (AvgIpc) is 2.78. The summed E-state index contributed by atoms with van der Waals surface area (Å²) in [6.45, 7) is 2.47. The van der Waals surface area contributed by atoms with E-state index < -0.39 is 0 Å². The molecular weight excluding hydrogens is 272 g/mol. The summed E-state index contributed by atoms with van der Waals surface area (Å²) < 4.78 is 0.868. The fraction of sp³-hybridized carbons (Fsp3) is 0.222. The molecule has 0 amide bonds. The number of pyridine rings is 1. The van der Waals surface area contributed by atoms with Gasteiger partial charge in [-0.15, -0.1) is 0 Å². The summed E-state index contributed by atoms with van der Waals surface area (Å²) in [7, 11) is 0. The topological polar surface area (TPSA) is 92.5 Å². The molecule has 7 heteroatoms. The lowest BCUT2D eigenvalue weighted by Crippen LogP contribution is -2.05. The molecule has 0 aliphatic rings. The fourth-order valence-electron chi connectivity index (χ4n) is 1.20. The standard InChI is InChI=1S/C9H11BrN6/c1-5-6(11)2-12-9(8(5)10)13-3-7-14-4-15-16-7/h2,4H,3,11H2,1H3,(H,12,13)(H,14,15,16). The number of H-pyrrole nitrogens is 1.